The van der Waals surface area contributed by atoms with Gasteiger partial charge in [-0.2, -0.15) is 5.10 Å². The molecule has 3 rings (SSSR count). The van der Waals surface area contributed by atoms with Crippen molar-refractivity contribution in [2.45, 2.75) is 13.0 Å². The maximum absolute atomic E-state index is 5.69. The highest BCUT2D eigenvalue weighted by Gasteiger charge is 2.08. The lowest BCUT2D eigenvalue weighted by Gasteiger charge is -2.02. The quantitative estimate of drug-likeness (QED) is 0.773. The molecule has 0 aliphatic carbocycles. The number of aromatic nitrogens is 3. The predicted molar refractivity (Wildman–Crippen MR) is 77.0 cm³/mol. The van der Waals surface area contributed by atoms with Gasteiger partial charge in [-0.3, -0.25) is 4.68 Å². The highest BCUT2D eigenvalue weighted by atomic mass is 15.3. The first-order valence-corrected chi connectivity index (χ1v) is 6.53. The summed E-state index contributed by atoms with van der Waals surface area (Å²) in [6.45, 7) is 1.48. The van der Waals surface area contributed by atoms with Crippen LogP contribution in [0.5, 0.6) is 0 Å². The van der Waals surface area contributed by atoms with Crippen molar-refractivity contribution in [1.82, 2.24) is 14.3 Å². The lowest BCUT2D eigenvalue weighted by Crippen LogP contribution is -2.02. The molecule has 1 aromatic carbocycles. The maximum atomic E-state index is 5.69. The Bertz CT molecular complexity index is 693. The Morgan fingerprint density at radius 1 is 1.21 bits per heavy atom. The Morgan fingerprint density at radius 3 is 2.79 bits per heavy atom. The molecule has 4 heteroatoms. The largest absolute Gasteiger partial charge is 0.341 e. The van der Waals surface area contributed by atoms with Gasteiger partial charge in [0, 0.05) is 30.3 Å². The minimum Gasteiger partial charge on any atom is -0.341 e. The molecular weight excluding hydrogens is 236 g/mol. The van der Waals surface area contributed by atoms with Gasteiger partial charge in [-0.1, -0.05) is 18.2 Å². The van der Waals surface area contributed by atoms with Gasteiger partial charge in [0.05, 0.1) is 12.2 Å². The number of rotatable bonds is 4. The van der Waals surface area contributed by atoms with E-state index in [9.17, 15) is 0 Å². The Labute approximate surface area is 112 Å². The fraction of sp³-hybridized carbons (Fsp3) is 0.267. The summed E-state index contributed by atoms with van der Waals surface area (Å²) in [5, 5.41) is 5.73. The zero-order chi connectivity index (χ0) is 13.2. The SMILES string of the molecule is Cn1ccc(Cn2cc(CCN)c3ccccc32)n1. The van der Waals surface area contributed by atoms with Crippen LogP contribution in [0.1, 0.15) is 11.3 Å². The number of fused-ring (bicyclic) bond motifs is 1. The van der Waals surface area contributed by atoms with Crippen LogP contribution in [0.3, 0.4) is 0 Å². The molecule has 0 bridgehead atoms. The van der Waals surface area contributed by atoms with Gasteiger partial charge in [-0.25, -0.2) is 0 Å². The minimum absolute atomic E-state index is 0.678. The molecule has 0 unspecified atom stereocenters. The molecule has 0 radical (unpaired) electrons. The van der Waals surface area contributed by atoms with E-state index >= 15 is 0 Å². The number of benzene rings is 1. The standard InChI is InChI=1S/C15H18N4/c1-18-9-7-13(17-18)11-19-10-12(6-8-16)14-4-2-3-5-15(14)19/h2-5,7,9-10H,6,8,11,16H2,1H3. The van der Waals surface area contributed by atoms with Gasteiger partial charge in [0.2, 0.25) is 0 Å². The Balaban J connectivity index is 2.03. The van der Waals surface area contributed by atoms with Gasteiger partial charge >= 0.3 is 0 Å². The molecule has 0 amide bonds. The molecule has 98 valence electrons. The number of nitrogens with two attached hydrogens (primary N) is 1. The van der Waals surface area contributed by atoms with Crippen LogP contribution >= 0.6 is 0 Å². The average molecular weight is 254 g/mol. The van der Waals surface area contributed by atoms with Crippen LogP contribution in [-0.2, 0) is 20.0 Å². The van der Waals surface area contributed by atoms with Crippen molar-refractivity contribution in [2.75, 3.05) is 6.54 Å². The Morgan fingerprint density at radius 2 is 2.05 bits per heavy atom. The Hall–Kier alpha value is -2.07. The van der Waals surface area contributed by atoms with Gasteiger partial charge in [0.15, 0.2) is 0 Å². The predicted octanol–water partition coefficient (Wildman–Crippen LogP) is 1.92. The third-order valence-corrected chi connectivity index (χ3v) is 3.39. The second-order valence-corrected chi connectivity index (χ2v) is 4.82. The van der Waals surface area contributed by atoms with Crippen molar-refractivity contribution in [3.05, 3.63) is 54.0 Å². The lowest BCUT2D eigenvalue weighted by molar-refractivity contribution is 0.715. The summed E-state index contributed by atoms with van der Waals surface area (Å²) >= 11 is 0. The van der Waals surface area contributed by atoms with Crippen LogP contribution in [0.2, 0.25) is 0 Å². The smallest absolute Gasteiger partial charge is 0.0821 e. The molecule has 0 spiro atoms. The van der Waals surface area contributed by atoms with E-state index in [2.05, 4.69) is 46.2 Å². The van der Waals surface area contributed by atoms with Crippen molar-refractivity contribution >= 4 is 10.9 Å². The molecule has 0 aliphatic rings. The van der Waals surface area contributed by atoms with E-state index < -0.39 is 0 Å². The number of nitrogens with zero attached hydrogens (tertiary/aromatic N) is 3. The van der Waals surface area contributed by atoms with Gasteiger partial charge in [-0.15, -0.1) is 0 Å². The molecule has 0 saturated heterocycles. The molecule has 0 aliphatic heterocycles. The zero-order valence-corrected chi connectivity index (χ0v) is 11.1. The summed E-state index contributed by atoms with van der Waals surface area (Å²) in [5.41, 5.74) is 9.32. The van der Waals surface area contributed by atoms with Crippen molar-refractivity contribution in [3.63, 3.8) is 0 Å². The first kappa shape index (κ1) is 12.0. The van der Waals surface area contributed by atoms with E-state index in [-0.39, 0.29) is 0 Å². The van der Waals surface area contributed by atoms with Crippen LogP contribution in [0.15, 0.2) is 42.7 Å². The molecule has 4 nitrogen and oxygen atoms in total. The summed E-state index contributed by atoms with van der Waals surface area (Å²) < 4.78 is 4.09. The third-order valence-electron chi connectivity index (χ3n) is 3.39. The van der Waals surface area contributed by atoms with E-state index in [1.54, 1.807) is 0 Å². The monoisotopic (exact) mass is 254 g/mol. The van der Waals surface area contributed by atoms with Crippen LogP contribution in [0, 0.1) is 0 Å². The number of aryl methyl sites for hydroxylation is 1. The van der Waals surface area contributed by atoms with Crippen molar-refractivity contribution in [3.8, 4) is 0 Å². The number of hydrogen-bond acceptors (Lipinski definition) is 2. The summed E-state index contributed by atoms with van der Waals surface area (Å²) in [6.07, 6.45) is 5.09. The highest BCUT2D eigenvalue weighted by molar-refractivity contribution is 5.84. The van der Waals surface area contributed by atoms with Crippen molar-refractivity contribution < 1.29 is 0 Å². The lowest BCUT2D eigenvalue weighted by atomic mass is 10.1. The zero-order valence-electron chi connectivity index (χ0n) is 11.1. The molecule has 2 aromatic heterocycles. The summed E-state index contributed by atoms with van der Waals surface area (Å²) in [4.78, 5) is 0. The van der Waals surface area contributed by atoms with E-state index in [1.165, 1.54) is 16.5 Å². The summed E-state index contributed by atoms with van der Waals surface area (Å²) in [5.74, 6) is 0. The van der Waals surface area contributed by atoms with Crippen LogP contribution < -0.4 is 5.73 Å². The van der Waals surface area contributed by atoms with Crippen LogP contribution in [-0.4, -0.2) is 20.9 Å². The normalized spacial score (nSPS) is 11.3. The molecule has 19 heavy (non-hydrogen) atoms. The van der Waals surface area contributed by atoms with Crippen molar-refractivity contribution in [1.29, 1.82) is 0 Å². The molecule has 2 N–H and O–H groups in total. The van der Waals surface area contributed by atoms with Crippen molar-refractivity contribution in [2.24, 2.45) is 12.8 Å². The minimum atomic E-state index is 0.678. The first-order valence-electron chi connectivity index (χ1n) is 6.53. The molecule has 0 saturated carbocycles. The van der Waals surface area contributed by atoms with E-state index in [1.807, 2.05) is 17.9 Å². The average Bonchev–Trinajstić information content (AvgIpc) is 2.97. The highest BCUT2D eigenvalue weighted by Crippen LogP contribution is 2.22. The second kappa shape index (κ2) is 4.90. The van der Waals surface area contributed by atoms with E-state index in [0.29, 0.717) is 6.54 Å². The molecule has 0 atom stereocenters. The molecule has 2 heterocycles. The maximum Gasteiger partial charge on any atom is 0.0821 e. The fourth-order valence-corrected chi connectivity index (χ4v) is 2.53. The van der Waals surface area contributed by atoms with Gasteiger partial charge < -0.3 is 10.3 Å². The number of para-hydroxylation sites is 1. The van der Waals surface area contributed by atoms with E-state index in [4.69, 9.17) is 5.73 Å². The Kier molecular flexibility index (Phi) is 3.09. The van der Waals surface area contributed by atoms with Crippen LogP contribution in [0.25, 0.3) is 10.9 Å². The third kappa shape index (κ3) is 2.27. The molecule has 3 aromatic rings. The molecular formula is C15H18N4. The van der Waals surface area contributed by atoms with Gasteiger partial charge in [0.25, 0.3) is 0 Å². The summed E-state index contributed by atoms with van der Waals surface area (Å²) in [7, 11) is 1.94. The van der Waals surface area contributed by atoms with Crippen LogP contribution in [0.4, 0.5) is 0 Å². The van der Waals surface area contributed by atoms with E-state index in [0.717, 1.165) is 18.7 Å². The second-order valence-electron chi connectivity index (χ2n) is 4.82. The first-order chi connectivity index (χ1) is 9.28. The number of hydrogen-bond donors (Lipinski definition) is 1. The van der Waals surface area contributed by atoms with Gasteiger partial charge in [0.1, 0.15) is 0 Å². The molecule has 0 fully saturated rings. The fourth-order valence-electron chi connectivity index (χ4n) is 2.53. The summed E-state index contributed by atoms with van der Waals surface area (Å²) in [6, 6.07) is 10.5. The topological polar surface area (TPSA) is 48.8 Å². The van der Waals surface area contributed by atoms with Gasteiger partial charge in [-0.05, 0) is 30.7 Å².